The molecular formula is C15H26ClNO. The first-order valence-corrected chi connectivity index (χ1v) is 6.42. The largest absolute Gasteiger partial charge is 0.391 e. The van der Waals surface area contributed by atoms with Crippen molar-refractivity contribution in [3.63, 3.8) is 0 Å². The van der Waals surface area contributed by atoms with Crippen LogP contribution in [0.4, 0.5) is 0 Å². The van der Waals surface area contributed by atoms with Crippen LogP contribution in [-0.4, -0.2) is 11.2 Å². The minimum Gasteiger partial charge on any atom is -0.391 e. The van der Waals surface area contributed by atoms with E-state index in [2.05, 4.69) is 45.9 Å². The van der Waals surface area contributed by atoms with Crippen molar-refractivity contribution in [1.82, 2.24) is 0 Å². The number of hydrogen-bond donors (Lipinski definition) is 2. The molecule has 1 aromatic rings. The fourth-order valence-corrected chi connectivity index (χ4v) is 2.11. The van der Waals surface area contributed by atoms with Crippen LogP contribution in [0.1, 0.15) is 49.4 Å². The van der Waals surface area contributed by atoms with Gasteiger partial charge in [-0.25, -0.2) is 0 Å². The molecule has 0 aliphatic heterocycles. The molecule has 0 aliphatic rings. The molecule has 3 N–H and O–H groups in total. The molecule has 0 heterocycles. The Hall–Kier alpha value is -0.570. The first-order valence-electron chi connectivity index (χ1n) is 6.42. The number of nitrogens with two attached hydrogens (primary N) is 1. The van der Waals surface area contributed by atoms with Crippen molar-refractivity contribution < 1.29 is 5.11 Å². The lowest BCUT2D eigenvalue weighted by molar-refractivity contribution is 0.128. The van der Waals surface area contributed by atoms with Gasteiger partial charge in [0.1, 0.15) is 0 Å². The van der Waals surface area contributed by atoms with Crippen molar-refractivity contribution >= 4 is 12.4 Å². The molecule has 0 spiro atoms. The Morgan fingerprint density at radius 3 is 2.00 bits per heavy atom. The molecule has 0 saturated carbocycles. The fraction of sp³-hybridized carbons (Fsp3) is 0.600. The summed E-state index contributed by atoms with van der Waals surface area (Å²) < 4.78 is 0. The van der Waals surface area contributed by atoms with Gasteiger partial charge in [-0.1, -0.05) is 43.2 Å². The normalized spacial score (nSPS) is 14.2. The molecule has 0 radical (unpaired) electrons. The predicted octanol–water partition coefficient (Wildman–Crippen LogP) is 3.52. The monoisotopic (exact) mass is 271 g/mol. The highest BCUT2D eigenvalue weighted by molar-refractivity contribution is 5.85. The van der Waals surface area contributed by atoms with Crippen molar-refractivity contribution in [1.29, 1.82) is 0 Å². The maximum Gasteiger partial charge on any atom is 0.0732 e. The Morgan fingerprint density at radius 2 is 1.56 bits per heavy atom. The third kappa shape index (κ3) is 5.38. The molecule has 2 nitrogen and oxygen atoms in total. The summed E-state index contributed by atoms with van der Waals surface area (Å²) in [6.07, 6.45) is 1.34. The van der Waals surface area contributed by atoms with Gasteiger partial charge in [0.25, 0.3) is 0 Å². The number of rotatable bonds is 5. The Labute approximate surface area is 117 Å². The van der Waals surface area contributed by atoms with Gasteiger partial charge in [-0.2, -0.15) is 0 Å². The van der Waals surface area contributed by atoms with Gasteiger partial charge in [-0.05, 0) is 38.2 Å². The van der Waals surface area contributed by atoms with Crippen molar-refractivity contribution in [3.05, 3.63) is 34.9 Å². The van der Waals surface area contributed by atoms with Crippen LogP contribution < -0.4 is 5.73 Å². The van der Waals surface area contributed by atoms with Gasteiger partial charge in [-0.15, -0.1) is 12.4 Å². The van der Waals surface area contributed by atoms with Gasteiger partial charge in [0.15, 0.2) is 0 Å². The summed E-state index contributed by atoms with van der Waals surface area (Å²) in [4.78, 5) is 0. The SMILES string of the molecule is Cc1cc(C)cc([C@@H](N)[C@@H](O)CCC(C)C)c1.Cl. The highest BCUT2D eigenvalue weighted by Crippen LogP contribution is 2.21. The topological polar surface area (TPSA) is 46.2 Å². The second kappa shape index (κ2) is 7.78. The van der Waals surface area contributed by atoms with Crippen molar-refractivity contribution in [2.45, 2.75) is 52.7 Å². The van der Waals surface area contributed by atoms with Crippen LogP contribution in [-0.2, 0) is 0 Å². The molecule has 3 heteroatoms. The molecule has 0 amide bonds. The second-order valence-electron chi connectivity index (χ2n) is 5.49. The highest BCUT2D eigenvalue weighted by Gasteiger charge is 2.17. The summed E-state index contributed by atoms with van der Waals surface area (Å²) in [5.41, 5.74) is 9.55. The zero-order chi connectivity index (χ0) is 13.0. The van der Waals surface area contributed by atoms with Gasteiger partial charge >= 0.3 is 0 Å². The van der Waals surface area contributed by atoms with Gasteiger partial charge in [0.2, 0.25) is 0 Å². The van der Waals surface area contributed by atoms with E-state index >= 15 is 0 Å². The number of aliphatic hydroxyl groups is 1. The van der Waals surface area contributed by atoms with Crippen molar-refractivity contribution in [2.75, 3.05) is 0 Å². The third-order valence-corrected chi connectivity index (χ3v) is 3.08. The van der Waals surface area contributed by atoms with Gasteiger partial charge in [0, 0.05) is 0 Å². The number of benzene rings is 1. The Kier molecular flexibility index (Phi) is 7.53. The van der Waals surface area contributed by atoms with Crippen LogP contribution in [0, 0.1) is 19.8 Å². The first kappa shape index (κ1) is 17.4. The molecule has 0 bridgehead atoms. The average molecular weight is 272 g/mol. The summed E-state index contributed by atoms with van der Waals surface area (Å²) in [7, 11) is 0. The standard InChI is InChI=1S/C15H25NO.ClH/c1-10(2)5-6-14(17)15(16)13-8-11(3)7-12(4)9-13;/h7-10,14-15,17H,5-6,16H2,1-4H3;1H/t14-,15+;/m0./s1. The zero-order valence-corrected chi connectivity index (χ0v) is 12.6. The van der Waals surface area contributed by atoms with E-state index in [0.29, 0.717) is 5.92 Å². The van der Waals surface area contributed by atoms with Crippen LogP contribution in [0.25, 0.3) is 0 Å². The Bertz CT molecular complexity index is 345. The molecule has 0 saturated heterocycles. The smallest absolute Gasteiger partial charge is 0.0732 e. The van der Waals surface area contributed by atoms with Crippen LogP contribution in [0.3, 0.4) is 0 Å². The van der Waals surface area contributed by atoms with E-state index in [1.807, 2.05) is 0 Å². The number of aryl methyl sites for hydroxylation is 2. The van der Waals surface area contributed by atoms with E-state index in [4.69, 9.17) is 5.73 Å². The van der Waals surface area contributed by atoms with E-state index in [9.17, 15) is 5.11 Å². The quantitative estimate of drug-likeness (QED) is 0.861. The zero-order valence-electron chi connectivity index (χ0n) is 11.8. The molecule has 0 aromatic heterocycles. The third-order valence-electron chi connectivity index (χ3n) is 3.08. The van der Waals surface area contributed by atoms with E-state index in [0.717, 1.165) is 18.4 Å². The number of hydrogen-bond acceptors (Lipinski definition) is 2. The van der Waals surface area contributed by atoms with E-state index in [1.54, 1.807) is 0 Å². The van der Waals surface area contributed by atoms with Gasteiger partial charge < -0.3 is 10.8 Å². The lowest BCUT2D eigenvalue weighted by Crippen LogP contribution is -2.26. The Morgan fingerprint density at radius 1 is 1.06 bits per heavy atom. The van der Waals surface area contributed by atoms with E-state index < -0.39 is 6.10 Å². The van der Waals surface area contributed by atoms with Crippen LogP contribution >= 0.6 is 12.4 Å². The molecule has 1 rings (SSSR count). The summed E-state index contributed by atoms with van der Waals surface area (Å²) >= 11 is 0. The van der Waals surface area contributed by atoms with Gasteiger partial charge in [-0.3, -0.25) is 0 Å². The summed E-state index contributed by atoms with van der Waals surface area (Å²) in [6, 6.07) is 5.98. The Balaban J connectivity index is 0.00000289. The van der Waals surface area contributed by atoms with Crippen molar-refractivity contribution in [3.8, 4) is 0 Å². The molecule has 0 aliphatic carbocycles. The first-order chi connectivity index (χ1) is 7.90. The molecule has 104 valence electrons. The maximum absolute atomic E-state index is 10.1. The molecule has 18 heavy (non-hydrogen) atoms. The van der Waals surface area contributed by atoms with E-state index in [-0.39, 0.29) is 18.4 Å². The van der Waals surface area contributed by atoms with Crippen LogP contribution in [0.2, 0.25) is 0 Å². The molecule has 1 aromatic carbocycles. The molecular weight excluding hydrogens is 246 g/mol. The number of aliphatic hydroxyl groups excluding tert-OH is 1. The molecule has 0 unspecified atom stereocenters. The molecule has 2 atom stereocenters. The second-order valence-corrected chi connectivity index (χ2v) is 5.49. The number of halogens is 1. The highest BCUT2D eigenvalue weighted by atomic mass is 35.5. The lowest BCUT2D eigenvalue weighted by atomic mass is 9.94. The minimum atomic E-state index is -0.446. The van der Waals surface area contributed by atoms with Crippen LogP contribution in [0.15, 0.2) is 18.2 Å². The average Bonchev–Trinajstić information content (AvgIpc) is 2.23. The lowest BCUT2D eigenvalue weighted by Gasteiger charge is -2.21. The summed E-state index contributed by atoms with van der Waals surface area (Å²) in [5, 5.41) is 10.1. The fourth-order valence-electron chi connectivity index (χ4n) is 2.11. The van der Waals surface area contributed by atoms with Gasteiger partial charge in [0.05, 0.1) is 12.1 Å². The van der Waals surface area contributed by atoms with E-state index in [1.165, 1.54) is 11.1 Å². The molecule has 0 fully saturated rings. The van der Waals surface area contributed by atoms with Crippen LogP contribution in [0.5, 0.6) is 0 Å². The predicted molar refractivity (Wildman–Crippen MR) is 80.2 cm³/mol. The summed E-state index contributed by atoms with van der Waals surface area (Å²) in [5.74, 6) is 0.607. The minimum absolute atomic E-state index is 0. The van der Waals surface area contributed by atoms with Crippen molar-refractivity contribution in [2.24, 2.45) is 11.7 Å². The maximum atomic E-state index is 10.1. The summed E-state index contributed by atoms with van der Waals surface area (Å²) in [6.45, 7) is 8.44.